The summed E-state index contributed by atoms with van der Waals surface area (Å²) >= 11 is 0. The quantitative estimate of drug-likeness (QED) is 0.362. The minimum absolute atomic E-state index is 0.463. The second kappa shape index (κ2) is 8.31. The molecule has 0 bridgehead atoms. The number of nitrogens with two attached hydrogens (primary N) is 1. The largest absolute Gasteiger partial charge is 0.490 e. The summed E-state index contributed by atoms with van der Waals surface area (Å²) in [5, 5.41) is 7.48. The molecule has 0 aliphatic carbocycles. The standard InChI is InChI=1S/C23H21N3O2/c24-21-12-5-4-11-20(21)23-16-22(25-26-23)17-7-6-10-19(15-17)28-14-13-27-18-8-2-1-3-9-18/h1-12,15-16H,13-14,24H2,(H,25,26). The molecule has 0 amide bonds. The molecule has 140 valence electrons. The van der Waals surface area contributed by atoms with Crippen molar-refractivity contribution in [2.45, 2.75) is 0 Å². The van der Waals surface area contributed by atoms with Crippen LogP contribution in [0.15, 0.2) is 84.9 Å². The number of rotatable bonds is 7. The first-order valence-electron chi connectivity index (χ1n) is 9.11. The zero-order valence-corrected chi connectivity index (χ0v) is 15.3. The number of benzene rings is 3. The molecule has 4 aromatic rings. The van der Waals surface area contributed by atoms with Crippen molar-refractivity contribution in [2.24, 2.45) is 0 Å². The van der Waals surface area contributed by atoms with Crippen molar-refractivity contribution < 1.29 is 9.47 Å². The number of H-pyrrole nitrogens is 1. The van der Waals surface area contributed by atoms with Gasteiger partial charge in [-0.05, 0) is 36.4 Å². The first-order valence-corrected chi connectivity index (χ1v) is 9.11. The highest BCUT2D eigenvalue weighted by molar-refractivity contribution is 5.76. The molecule has 0 fully saturated rings. The Morgan fingerprint density at radius 2 is 1.46 bits per heavy atom. The molecule has 28 heavy (non-hydrogen) atoms. The van der Waals surface area contributed by atoms with Crippen LogP contribution in [0.1, 0.15) is 0 Å². The second-order valence-electron chi connectivity index (χ2n) is 6.29. The van der Waals surface area contributed by atoms with Gasteiger partial charge in [-0.2, -0.15) is 5.10 Å². The van der Waals surface area contributed by atoms with E-state index in [0.29, 0.717) is 18.9 Å². The summed E-state index contributed by atoms with van der Waals surface area (Å²) in [5.74, 6) is 1.61. The van der Waals surface area contributed by atoms with Crippen molar-refractivity contribution >= 4 is 5.69 Å². The van der Waals surface area contributed by atoms with Crippen molar-refractivity contribution in [3.8, 4) is 34.0 Å². The van der Waals surface area contributed by atoms with E-state index in [1.165, 1.54) is 0 Å². The van der Waals surface area contributed by atoms with E-state index in [4.69, 9.17) is 15.2 Å². The Labute approximate surface area is 163 Å². The molecule has 0 radical (unpaired) electrons. The summed E-state index contributed by atoms with van der Waals surface area (Å²) in [6.07, 6.45) is 0. The summed E-state index contributed by atoms with van der Waals surface area (Å²) < 4.78 is 11.5. The third kappa shape index (κ3) is 4.15. The Morgan fingerprint density at radius 3 is 2.29 bits per heavy atom. The monoisotopic (exact) mass is 371 g/mol. The Bertz CT molecular complexity index is 1040. The normalized spacial score (nSPS) is 10.6. The molecule has 3 N–H and O–H groups in total. The lowest BCUT2D eigenvalue weighted by Gasteiger charge is -2.09. The SMILES string of the molecule is Nc1ccccc1-c1cc(-c2cccc(OCCOc3ccccc3)c2)n[nH]1. The van der Waals surface area contributed by atoms with E-state index in [-0.39, 0.29) is 0 Å². The Balaban J connectivity index is 1.41. The van der Waals surface area contributed by atoms with E-state index in [1.807, 2.05) is 84.9 Å². The van der Waals surface area contributed by atoms with Gasteiger partial charge in [-0.3, -0.25) is 5.10 Å². The molecule has 0 spiro atoms. The van der Waals surface area contributed by atoms with E-state index in [1.54, 1.807) is 0 Å². The predicted octanol–water partition coefficient (Wildman–Crippen LogP) is 4.78. The Kier molecular flexibility index (Phi) is 5.24. The van der Waals surface area contributed by atoms with Crippen LogP contribution < -0.4 is 15.2 Å². The van der Waals surface area contributed by atoms with Crippen molar-refractivity contribution in [1.29, 1.82) is 0 Å². The molecule has 1 aromatic heterocycles. The zero-order valence-electron chi connectivity index (χ0n) is 15.3. The predicted molar refractivity (Wildman–Crippen MR) is 111 cm³/mol. The Hall–Kier alpha value is -3.73. The maximum Gasteiger partial charge on any atom is 0.122 e. The van der Waals surface area contributed by atoms with Crippen LogP contribution in [0.5, 0.6) is 11.5 Å². The Morgan fingerprint density at radius 1 is 0.750 bits per heavy atom. The highest BCUT2D eigenvalue weighted by atomic mass is 16.5. The number of hydrogen-bond donors (Lipinski definition) is 2. The van der Waals surface area contributed by atoms with Gasteiger partial charge >= 0.3 is 0 Å². The van der Waals surface area contributed by atoms with Gasteiger partial charge in [0.2, 0.25) is 0 Å². The van der Waals surface area contributed by atoms with Gasteiger partial charge in [-0.15, -0.1) is 0 Å². The lowest BCUT2D eigenvalue weighted by atomic mass is 10.1. The summed E-state index contributed by atoms with van der Waals surface area (Å²) in [6, 6.07) is 27.3. The molecule has 5 nitrogen and oxygen atoms in total. The molecule has 4 rings (SSSR count). The van der Waals surface area contributed by atoms with Gasteiger partial charge in [0.25, 0.3) is 0 Å². The third-order valence-electron chi connectivity index (χ3n) is 4.32. The molecule has 1 heterocycles. The molecule has 0 atom stereocenters. The number of anilines is 1. The van der Waals surface area contributed by atoms with Gasteiger partial charge in [0, 0.05) is 16.8 Å². The number of nitrogen functional groups attached to an aromatic ring is 1. The fourth-order valence-electron chi connectivity index (χ4n) is 2.93. The maximum absolute atomic E-state index is 6.06. The second-order valence-corrected chi connectivity index (χ2v) is 6.29. The van der Waals surface area contributed by atoms with Crippen LogP contribution in [-0.4, -0.2) is 23.4 Å². The minimum Gasteiger partial charge on any atom is -0.490 e. The molecule has 5 heteroatoms. The number of nitrogens with one attached hydrogen (secondary N) is 1. The van der Waals surface area contributed by atoms with Crippen LogP contribution >= 0.6 is 0 Å². The topological polar surface area (TPSA) is 73.2 Å². The first-order chi connectivity index (χ1) is 13.8. The van der Waals surface area contributed by atoms with Crippen molar-refractivity contribution in [3.05, 3.63) is 84.9 Å². The molecular weight excluding hydrogens is 350 g/mol. The molecule has 0 saturated heterocycles. The summed E-state index contributed by atoms with van der Waals surface area (Å²) in [4.78, 5) is 0. The number of ether oxygens (including phenoxy) is 2. The zero-order chi connectivity index (χ0) is 19.2. The molecule has 0 unspecified atom stereocenters. The van der Waals surface area contributed by atoms with Gasteiger partial charge in [0.05, 0.1) is 11.4 Å². The molecule has 0 aliphatic heterocycles. The van der Waals surface area contributed by atoms with E-state index in [0.717, 1.165) is 34.0 Å². The van der Waals surface area contributed by atoms with Crippen LogP contribution in [0, 0.1) is 0 Å². The lowest BCUT2D eigenvalue weighted by Crippen LogP contribution is -2.08. The van der Waals surface area contributed by atoms with Gasteiger partial charge in [-0.25, -0.2) is 0 Å². The number of nitrogens with zero attached hydrogens (tertiary/aromatic N) is 1. The van der Waals surface area contributed by atoms with Crippen LogP contribution in [0.2, 0.25) is 0 Å². The molecule has 0 saturated carbocycles. The minimum atomic E-state index is 0.463. The van der Waals surface area contributed by atoms with Gasteiger partial charge in [0.1, 0.15) is 24.7 Å². The van der Waals surface area contributed by atoms with Crippen LogP contribution in [0.4, 0.5) is 5.69 Å². The van der Waals surface area contributed by atoms with Crippen molar-refractivity contribution in [1.82, 2.24) is 10.2 Å². The third-order valence-corrected chi connectivity index (χ3v) is 4.32. The van der Waals surface area contributed by atoms with Crippen LogP contribution in [0.3, 0.4) is 0 Å². The van der Waals surface area contributed by atoms with Gasteiger partial charge in [-0.1, -0.05) is 48.5 Å². The number of aromatic amines is 1. The van der Waals surface area contributed by atoms with Gasteiger partial charge < -0.3 is 15.2 Å². The fraction of sp³-hybridized carbons (Fsp3) is 0.0870. The van der Waals surface area contributed by atoms with E-state index in [9.17, 15) is 0 Å². The van der Waals surface area contributed by atoms with Crippen molar-refractivity contribution in [2.75, 3.05) is 18.9 Å². The van der Waals surface area contributed by atoms with E-state index >= 15 is 0 Å². The molecule has 0 aliphatic rings. The highest BCUT2D eigenvalue weighted by Crippen LogP contribution is 2.29. The summed E-state index contributed by atoms with van der Waals surface area (Å²) in [7, 11) is 0. The maximum atomic E-state index is 6.06. The summed E-state index contributed by atoms with van der Waals surface area (Å²) in [5.41, 5.74) is 10.4. The molecular formula is C23H21N3O2. The van der Waals surface area contributed by atoms with Crippen LogP contribution in [0.25, 0.3) is 22.5 Å². The van der Waals surface area contributed by atoms with E-state index in [2.05, 4.69) is 10.2 Å². The average molecular weight is 371 g/mol. The number of hydrogen-bond acceptors (Lipinski definition) is 4. The highest BCUT2D eigenvalue weighted by Gasteiger charge is 2.09. The number of aromatic nitrogens is 2. The lowest BCUT2D eigenvalue weighted by molar-refractivity contribution is 0.217. The van der Waals surface area contributed by atoms with Gasteiger partial charge in [0.15, 0.2) is 0 Å². The van der Waals surface area contributed by atoms with Crippen LogP contribution in [-0.2, 0) is 0 Å². The van der Waals surface area contributed by atoms with E-state index < -0.39 is 0 Å². The van der Waals surface area contributed by atoms with Crippen molar-refractivity contribution in [3.63, 3.8) is 0 Å². The average Bonchev–Trinajstić information content (AvgIpc) is 3.23. The smallest absolute Gasteiger partial charge is 0.122 e. The first kappa shape index (κ1) is 17.7. The fourth-order valence-corrected chi connectivity index (χ4v) is 2.93. The molecule has 3 aromatic carbocycles. The summed E-state index contributed by atoms with van der Waals surface area (Å²) in [6.45, 7) is 0.943. The number of para-hydroxylation sites is 2.